The van der Waals surface area contributed by atoms with E-state index in [4.69, 9.17) is 4.74 Å². The first-order valence-electron chi connectivity index (χ1n) is 7.82. The summed E-state index contributed by atoms with van der Waals surface area (Å²) < 4.78 is 9.98. The van der Waals surface area contributed by atoms with E-state index in [2.05, 4.69) is 10.1 Å². The number of carbonyl (C=O) groups excluding carboxylic acids is 3. The Kier molecular flexibility index (Phi) is 4.79. The second-order valence-electron chi connectivity index (χ2n) is 5.64. The van der Waals surface area contributed by atoms with Crippen LogP contribution in [-0.4, -0.2) is 31.5 Å². The number of benzene rings is 2. The van der Waals surface area contributed by atoms with E-state index in [1.54, 1.807) is 12.1 Å². The quantitative estimate of drug-likeness (QED) is 0.862. The number of hydrogen-bond acceptors (Lipinski definition) is 5. The molecule has 1 amide bonds. The van der Waals surface area contributed by atoms with Crippen LogP contribution >= 0.6 is 0 Å². The maximum absolute atomic E-state index is 12.2. The number of rotatable bonds is 4. The number of hydrogen-bond donors (Lipinski definition) is 1. The second kappa shape index (κ2) is 7.17. The Morgan fingerprint density at radius 1 is 1.20 bits per heavy atom. The summed E-state index contributed by atoms with van der Waals surface area (Å²) in [6.45, 7) is -0.207. The zero-order chi connectivity index (χ0) is 17.8. The van der Waals surface area contributed by atoms with E-state index in [0.717, 1.165) is 11.1 Å². The van der Waals surface area contributed by atoms with Crippen LogP contribution in [0.25, 0.3) is 0 Å². The number of fused-ring (bicyclic) bond motifs is 1. The van der Waals surface area contributed by atoms with Crippen LogP contribution in [0.1, 0.15) is 37.9 Å². The van der Waals surface area contributed by atoms with Crippen molar-refractivity contribution >= 4 is 17.8 Å². The number of methoxy groups -OCH3 is 1. The number of ether oxygens (including phenoxy) is 2. The molecule has 6 heteroatoms. The molecule has 0 aliphatic carbocycles. The van der Waals surface area contributed by atoms with E-state index in [-0.39, 0.29) is 12.6 Å². The molecule has 3 rings (SSSR count). The first-order chi connectivity index (χ1) is 12.1. The Labute approximate surface area is 144 Å². The predicted octanol–water partition coefficient (Wildman–Crippen LogP) is 2.04. The van der Waals surface area contributed by atoms with Gasteiger partial charge in [0, 0.05) is 12.0 Å². The predicted molar refractivity (Wildman–Crippen MR) is 89.1 cm³/mol. The summed E-state index contributed by atoms with van der Waals surface area (Å²) in [5.41, 5.74) is 2.48. The highest BCUT2D eigenvalue weighted by Gasteiger charge is 2.28. The topological polar surface area (TPSA) is 81.7 Å². The zero-order valence-electron chi connectivity index (χ0n) is 13.7. The van der Waals surface area contributed by atoms with Crippen molar-refractivity contribution < 1.29 is 23.9 Å². The van der Waals surface area contributed by atoms with Crippen LogP contribution in [-0.2, 0) is 20.7 Å². The molecule has 1 unspecified atom stereocenters. The van der Waals surface area contributed by atoms with Crippen molar-refractivity contribution in [3.8, 4) is 0 Å². The molecule has 25 heavy (non-hydrogen) atoms. The Morgan fingerprint density at radius 3 is 2.68 bits per heavy atom. The van der Waals surface area contributed by atoms with Gasteiger partial charge in [-0.25, -0.2) is 4.79 Å². The van der Waals surface area contributed by atoms with E-state index < -0.39 is 17.8 Å². The standard InChI is InChI=1S/C19H17NO5/c1-24-17(21)11-20-18(22)13-7-8-15-14(9-13)10-16(25-19(15)23)12-5-3-2-4-6-12/h2-9,16H,10-11H2,1H3,(H,20,22). The molecular formula is C19H17NO5. The molecule has 0 bridgehead atoms. The largest absolute Gasteiger partial charge is 0.468 e. The molecule has 0 radical (unpaired) electrons. The number of amides is 1. The summed E-state index contributed by atoms with van der Waals surface area (Å²) in [7, 11) is 1.25. The van der Waals surface area contributed by atoms with Crippen molar-refractivity contribution in [2.45, 2.75) is 12.5 Å². The summed E-state index contributed by atoms with van der Waals surface area (Å²) in [5, 5.41) is 2.48. The van der Waals surface area contributed by atoms with Crippen LogP contribution in [0, 0.1) is 0 Å². The molecule has 0 aromatic heterocycles. The van der Waals surface area contributed by atoms with Crippen molar-refractivity contribution in [3.05, 3.63) is 70.8 Å². The highest BCUT2D eigenvalue weighted by Crippen LogP contribution is 2.30. The summed E-state index contributed by atoms with van der Waals surface area (Å²) in [6.07, 6.45) is 0.109. The van der Waals surface area contributed by atoms with Crippen molar-refractivity contribution in [2.75, 3.05) is 13.7 Å². The summed E-state index contributed by atoms with van der Waals surface area (Å²) >= 11 is 0. The molecule has 128 valence electrons. The fraction of sp³-hybridized carbons (Fsp3) is 0.211. The number of nitrogens with one attached hydrogen (secondary N) is 1. The fourth-order valence-corrected chi connectivity index (χ4v) is 2.72. The van der Waals surface area contributed by atoms with E-state index in [1.165, 1.54) is 13.2 Å². The van der Waals surface area contributed by atoms with Gasteiger partial charge in [-0.2, -0.15) is 0 Å². The third kappa shape index (κ3) is 3.68. The van der Waals surface area contributed by atoms with Crippen LogP contribution in [0.5, 0.6) is 0 Å². The van der Waals surface area contributed by atoms with Crippen LogP contribution in [0.15, 0.2) is 48.5 Å². The van der Waals surface area contributed by atoms with Gasteiger partial charge >= 0.3 is 11.9 Å². The Bertz CT molecular complexity index is 816. The Morgan fingerprint density at radius 2 is 1.96 bits per heavy atom. The van der Waals surface area contributed by atoms with Crippen LogP contribution in [0.3, 0.4) is 0 Å². The molecule has 1 N–H and O–H groups in total. The molecule has 6 nitrogen and oxygen atoms in total. The lowest BCUT2D eigenvalue weighted by Gasteiger charge is -2.25. The van der Waals surface area contributed by atoms with Gasteiger partial charge in [-0.15, -0.1) is 0 Å². The molecule has 1 aliphatic heterocycles. The molecular weight excluding hydrogens is 322 g/mol. The third-order valence-electron chi connectivity index (χ3n) is 4.03. The normalized spacial score (nSPS) is 15.7. The molecule has 0 saturated carbocycles. The van der Waals surface area contributed by atoms with E-state index in [1.807, 2.05) is 30.3 Å². The average molecular weight is 339 g/mol. The molecule has 0 spiro atoms. The minimum atomic E-state index is -0.529. The molecule has 0 fully saturated rings. The molecule has 0 saturated heterocycles. The average Bonchev–Trinajstić information content (AvgIpc) is 2.65. The van der Waals surface area contributed by atoms with Crippen molar-refractivity contribution in [2.24, 2.45) is 0 Å². The minimum absolute atomic E-state index is 0.207. The summed E-state index contributed by atoms with van der Waals surface area (Å²) in [5.74, 6) is -1.33. The molecule has 1 atom stereocenters. The summed E-state index contributed by atoms with van der Waals surface area (Å²) in [6, 6.07) is 14.2. The number of carbonyl (C=O) groups is 3. The molecule has 1 heterocycles. The Balaban J connectivity index is 1.80. The van der Waals surface area contributed by atoms with Crippen LogP contribution in [0.4, 0.5) is 0 Å². The Hall–Kier alpha value is -3.15. The van der Waals surface area contributed by atoms with Crippen molar-refractivity contribution in [1.82, 2.24) is 5.32 Å². The van der Waals surface area contributed by atoms with Gasteiger partial charge in [-0.05, 0) is 29.3 Å². The first kappa shape index (κ1) is 16.7. The minimum Gasteiger partial charge on any atom is -0.468 e. The molecule has 2 aromatic carbocycles. The highest BCUT2D eigenvalue weighted by molar-refractivity contribution is 5.98. The van der Waals surface area contributed by atoms with Crippen LogP contribution < -0.4 is 5.32 Å². The SMILES string of the molecule is COC(=O)CNC(=O)c1ccc2c(c1)CC(c1ccccc1)OC2=O. The maximum Gasteiger partial charge on any atom is 0.339 e. The second-order valence-corrected chi connectivity index (χ2v) is 5.64. The van der Waals surface area contributed by atoms with Gasteiger partial charge in [0.15, 0.2) is 0 Å². The lowest BCUT2D eigenvalue weighted by molar-refractivity contribution is -0.139. The smallest absolute Gasteiger partial charge is 0.339 e. The maximum atomic E-state index is 12.2. The van der Waals surface area contributed by atoms with Gasteiger partial charge in [-0.1, -0.05) is 30.3 Å². The lowest BCUT2D eigenvalue weighted by atomic mass is 9.93. The third-order valence-corrected chi connectivity index (χ3v) is 4.03. The van der Waals surface area contributed by atoms with Gasteiger partial charge in [0.05, 0.1) is 12.7 Å². The van der Waals surface area contributed by atoms with Gasteiger partial charge in [0.25, 0.3) is 5.91 Å². The first-order valence-corrected chi connectivity index (χ1v) is 7.82. The van der Waals surface area contributed by atoms with E-state index >= 15 is 0 Å². The van der Waals surface area contributed by atoms with Gasteiger partial charge in [0.1, 0.15) is 12.6 Å². The van der Waals surface area contributed by atoms with Gasteiger partial charge in [-0.3, -0.25) is 9.59 Å². The van der Waals surface area contributed by atoms with E-state index in [0.29, 0.717) is 17.5 Å². The number of cyclic esters (lactones) is 1. The van der Waals surface area contributed by atoms with Gasteiger partial charge < -0.3 is 14.8 Å². The number of esters is 2. The zero-order valence-corrected chi connectivity index (χ0v) is 13.7. The fourth-order valence-electron chi connectivity index (χ4n) is 2.72. The highest BCUT2D eigenvalue weighted by atomic mass is 16.5. The van der Waals surface area contributed by atoms with Crippen molar-refractivity contribution in [1.29, 1.82) is 0 Å². The monoisotopic (exact) mass is 339 g/mol. The summed E-state index contributed by atoms with van der Waals surface area (Å²) in [4.78, 5) is 35.5. The molecule has 1 aliphatic rings. The van der Waals surface area contributed by atoms with Crippen LogP contribution in [0.2, 0.25) is 0 Å². The lowest BCUT2D eigenvalue weighted by Crippen LogP contribution is -2.30. The van der Waals surface area contributed by atoms with Crippen molar-refractivity contribution in [3.63, 3.8) is 0 Å². The molecule has 2 aromatic rings. The van der Waals surface area contributed by atoms with Gasteiger partial charge in [0.2, 0.25) is 0 Å². The van der Waals surface area contributed by atoms with E-state index in [9.17, 15) is 14.4 Å².